The Hall–Kier alpha value is -1.92. The molecule has 0 radical (unpaired) electrons. The molecule has 0 saturated carbocycles. The van der Waals surface area contributed by atoms with Crippen molar-refractivity contribution in [2.45, 2.75) is 32.4 Å². The Bertz CT molecular complexity index is 814. The predicted octanol–water partition coefficient (Wildman–Crippen LogP) is 3.69. The van der Waals surface area contributed by atoms with E-state index in [1.807, 2.05) is 11.0 Å². The van der Waals surface area contributed by atoms with Gasteiger partial charge in [-0.2, -0.15) is 0 Å². The first kappa shape index (κ1) is 18.4. The van der Waals surface area contributed by atoms with Gasteiger partial charge in [0, 0.05) is 30.4 Å². The van der Waals surface area contributed by atoms with E-state index >= 15 is 0 Å². The van der Waals surface area contributed by atoms with Crippen LogP contribution in [0.3, 0.4) is 0 Å². The lowest BCUT2D eigenvalue weighted by Gasteiger charge is -2.35. The highest BCUT2D eigenvalue weighted by molar-refractivity contribution is 7.10. The molecule has 4 rings (SSSR count). The molecule has 4 nitrogen and oxygen atoms in total. The minimum atomic E-state index is -0.321. The van der Waals surface area contributed by atoms with Crippen LogP contribution in [0.1, 0.15) is 28.8 Å². The number of hydrogen-bond acceptors (Lipinski definition) is 4. The maximum atomic E-state index is 13.9. The summed E-state index contributed by atoms with van der Waals surface area (Å²) < 4.78 is 18.8. The minimum absolute atomic E-state index is 0.119. The maximum absolute atomic E-state index is 13.9. The van der Waals surface area contributed by atoms with Crippen molar-refractivity contribution < 1.29 is 13.9 Å². The van der Waals surface area contributed by atoms with Crippen LogP contribution in [0.15, 0.2) is 29.6 Å². The first-order chi connectivity index (χ1) is 13.1. The zero-order valence-corrected chi connectivity index (χ0v) is 16.4. The lowest BCUT2D eigenvalue weighted by atomic mass is 9.94. The van der Waals surface area contributed by atoms with Gasteiger partial charge in [0.15, 0.2) is 11.6 Å². The molecule has 2 aliphatic heterocycles. The second-order valence-corrected chi connectivity index (χ2v) is 8.40. The lowest BCUT2D eigenvalue weighted by molar-refractivity contribution is -0.138. The van der Waals surface area contributed by atoms with Gasteiger partial charge in [-0.25, -0.2) is 4.39 Å². The van der Waals surface area contributed by atoms with Gasteiger partial charge < -0.3 is 9.64 Å². The second-order valence-electron chi connectivity index (χ2n) is 7.40. The number of methoxy groups -OCH3 is 1. The number of ether oxygens (including phenoxy) is 1. The number of benzene rings is 1. The van der Waals surface area contributed by atoms with Gasteiger partial charge in [0.25, 0.3) is 0 Å². The summed E-state index contributed by atoms with van der Waals surface area (Å²) in [5.74, 6) is 0.382. The normalized spacial score (nSPS) is 18.4. The lowest BCUT2D eigenvalue weighted by Crippen LogP contribution is -2.43. The van der Waals surface area contributed by atoms with Crippen LogP contribution in [0.4, 0.5) is 4.39 Å². The zero-order chi connectivity index (χ0) is 18.8. The van der Waals surface area contributed by atoms with E-state index in [0.29, 0.717) is 12.5 Å². The van der Waals surface area contributed by atoms with Gasteiger partial charge in [-0.1, -0.05) is 6.07 Å². The zero-order valence-electron chi connectivity index (χ0n) is 15.6. The first-order valence-electron chi connectivity index (χ1n) is 9.53. The van der Waals surface area contributed by atoms with Crippen molar-refractivity contribution in [2.75, 3.05) is 26.7 Å². The summed E-state index contributed by atoms with van der Waals surface area (Å²) in [7, 11) is 1.47. The summed E-state index contributed by atoms with van der Waals surface area (Å²) in [6, 6.07) is 7.28. The molecule has 1 fully saturated rings. The summed E-state index contributed by atoms with van der Waals surface area (Å²) in [6.07, 6.45) is 2.75. The fourth-order valence-corrected chi connectivity index (χ4v) is 4.99. The largest absolute Gasteiger partial charge is 0.494 e. The fourth-order valence-electron chi connectivity index (χ4n) is 4.10. The molecule has 1 aromatic carbocycles. The summed E-state index contributed by atoms with van der Waals surface area (Å²) in [5, 5.41) is 2.12. The van der Waals surface area contributed by atoms with Gasteiger partial charge in [-0.05, 0) is 67.1 Å². The van der Waals surface area contributed by atoms with E-state index in [9.17, 15) is 9.18 Å². The van der Waals surface area contributed by atoms with Crippen molar-refractivity contribution in [1.82, 2.24) is 9.80 Å². The van der Waals surface area contributed by atoms with E-state index in [4.69, 9.17) is 4.74 Å². The molecule has 0 bridgehead atoms. The Labute approximate surface area is 163 Å². The molecule has 6 heteroatoms. The molecular formula is C21H25FN2O2S. The number of thiophene rings is 1. The Morgan fingerprint density at radius 1 is 1.26 bits per heavy atom. The number of amides is 1. The van der Waals surface area contributed by atoms with Crippen molar-refractivity contribution in [3.8, 4) is 5.75 Å². The van der Waals surface area contributed by atoms with Crippen LogP contribution in [-0.4, -0.2) is 42.5 Å². The number of fused-ring (bicyclic) bond motifs is 1. The predicted molar refractivity (Wildman–Crippen MR) is 104 cm³/mol. The smallest absolute Gasteiger partial charge is 0.226 e. The number of piperidine rings is 1. The highest BCUT2D eigenvalue weighted by Gasteiger charge is 2.30. The average molecular weight is 389 g/mol. The van der Waals surface area contributed by atoms with Crippen molar-refractivity contribution in [2.24, 2.45) is 5.92 Å². The molecular weight excluding hydrogens is 363 g/mol. The van der Waals surface area contributed by atoms with E-state index in [1.54, 1.807) is 23.5 Å². The second kappa shape index (κ2) is 7.98. The third-order valence-corrected chi connectivity index (χ3v) is 6.70. The molecule has 0 aliphatic carbocycles. The van der Waals surface area contributed by atoms with Crippen molar-refractivity contribution in [3.63, 3.8) is 0 Å². The quantitative estimate of drug-likeness (QED) is 0.801. The SMILES string of the molecule is COc1ccc(CN2CCC(C(=O)N3CCc4sccc4C3)CC2)cc1F. The average Bonchev–Trinajstić information content (AvgIpc) is 3.16. The summed E-state index contributed by atoms with van der Waals surface area (Å²) in [5.41, 5.74) is 2.26. The van der Waals surface area contributed by atoms with Gasteiger partial charge in [0.2, 0.25) is 5.91 Å². The molecule has 0 spiro atoms. The van der Waals surface area contributed by atoms with E-state index in [0.717, 1.165) is 51.0 Å². The van der Waals surface area contributed by atoms with E-state index in [-0.39, 0.29) is 17.5 Å². The first-order valence-corrected chi connectivity index (χ1v) is 10.4. The molecule has 1 saturated heterocycles. The van der Waals surface area contributed by atoms with Crippen LogP contribution in [0.25, 0.3) is 0 Å². The summed E-state index contributed by atoms with van der Waals surface area (Å²) in [4.78, 5) is 18.7. The van der Waals surface area contributed by atoms with Gasteiger partial charge in [0.05, 0.1) is 7.11 Å². The van der Waals surface area contributed by atoms with Crippen molar-refractivity contribution in [1.29, 1.82) is 0 Å². The summed E-state index contributed by atoms with van der Waals surface area (Å²) in [6.45, 7) is 4.08. The molecule has 2 aliphatic rings. The van der Waals surface area contributed by atoms with Crippen LogP contribution in [-0.2, 0) is 24.3 Å². The molecule has 27 heavy (non-hydrogen) atoms. The number of halogens is 1. The molecule has 2 aromatic rings. The van der Waals surface area contributed by atoms with E-state index in [1.165, 1.54) is 17.6 Å². The van der Waals surface area contributed by atoms with E-state index in [2.05, 4.69) is 16.3 Å². The third-order valence-electron chi connectivity index (χ3n) is 5.68. The summed E-state index contributed by atoms with van der Waals surface area (Å²) >= 11 is 1.80. The van der Waals surface area contributed by atoms with Gasteiger partial charge in [-0.15, -0.1) is 11.3 Å². The van der Waals surface area contributed by atoms with Gasteiger partial charge in [-0.3, -0.25) is 9.69 Å². The molecule has 1 amide bonds. The van der Waals surface area contributed by atoms with Crippen LogP contribution >= 0.6 is 11.3 Å². The number of nitrogens with zero attached hydrogens (tertiary/aromatic N) is 2. The highest BCUT2D eigenvalue weighted by Crippen LogP contribution is 2.28. The number of likely N-dealkylation sites (tertiary alicyclic amines) is 1. The number of rotatable bonds is 4. The topological polar surface area (TPSA) is 32.8 Å². The van der Waals surface area contributed by atoms with Crippen LogP contribution in [0.2, 0.25) is 0 Å². The molecule has 0 atom stereocenters. The molecule has 1 aromatic heterocycles. The molecule has 0 unspecified atom stereocenters. The highest BCUT2D eigenvalue weighted by atomic mass is 32.1. The Kier molecular flexibility index (Phi) is 5.45. The number of carbonyl (C=O) groups is 1. The number of carbonyl (C=O) groups excluding carboxylic acids is 1. The Balaban J connectivity index is 1.30. The van der Waals surface area contributed by atoms with Crippen LogP contribution < -0.4 is 4.74 Å². The minimum Gasteiger partial charge on any atom is -0.494 e. The van der Waals surface area contributed by atoms with Crippen molar-refractivity contribution >= 4 is 17.2 Å². The van der Waals surface area contributed by atoms with Crippen molar-refractivity contribution in [3.05, 3.63) is 51.5 Å². The fraction of sp³-hybridized carbons (Fsp3) is 0.476. The van der Waals surface area contributed by atoms with Crippen LogP contribution in [0.5, 0.6) is 5.75 Å². The standard InChI is InChI=1S/C21H25FN2O2S/c1-26-19-3-2-15(12-18(19)22)13-23-8-4-16(5-9-23)21(25)24-10-6-20-17(14-24)7-11-27-20/h2-3,7,11-12,16H,4-6,8-10,13-14H2,1H3. The monoisotopic (exact) mass is 388 g/mol. The van der Waals surface area contributed by atoms with Crippen LogP contribution in [0, 0.1) is 11.7 Å². The van der Waals surface area contributed by atoms with Gasteiger partial charge in [0.1, 0.15) is 0 Å². The Morgan fingerprint density at radius 2 is 2.07 bits per heavy atom. The molecule has 0 N–H and O–H groups in total. The van der Waals surface area contributed by atoms with E-state index < -0.39 is 0 Å². The number of hydrogen-bond donors (Lipinski definition) is 0. The third kappa shape index (κ3) is 4.01. The van der Waals surface area contributed by atoms with Gasteiger partial charge >= 0.3 is 0 Å². The molecule has 3 heterocycles. The maximum Gasteiger partial charge on any atom is 0.226 e. The molecule has 144 valence electrons. The Morgan fingerprint density at radius 3 is 2.81 bits per heavy atom.